The number of nitrogens with one attached hydrogen (secondary N) is 1. The minimum absolute atomic E-state index is 0.0181. The van der Waals surface area contributed by atoms with E-state index in [1.165, 1.54) is 0 Å². The zero-order valence-corrected chi connectivity index (χ0v) is 14.8. The number of hydrogen-bond acceptors (Lipinski definition) is 5. The number of piperidine rings is 1. The van der Waals surface area contributed by atoms with Crippen LogP contribution in [0.25, 0.3) is 0 Å². The van der Waals surface area contributed by atoms with E-state index in [0.717, 1.165) is 31.7 Å². The molecule has 0 radical (unpaired) electrons. The number of carbonyl (C=O) groups excluding carboxylic acids is 1. The number of aliphatic hydroxyl groups is 1. The number of aliphatic hydroxyl groups excluding tert-OH is 1. The summed E-state index contributed by atoms with van der Waals surface area (Å²) in [4.78, 5) is 14.4. The second-order valence-electron chi connectivity index (χ2n) is 6.66. The molecule has 1 aromatic carbocycles. The molecule has 3 rings (SSSR count). The van der Waals surface area contributed by atoms with Crippen molar-refractivity contribution in [1.82, 2.24) is 10.2 Å². The quantitative estimate of drug-likeness (QED) is 0.755. The van der Waals surface area contributed by atoms with E-state index in [4.69, 9.17) is 9.15 Å². The van der Waals surface area contributed by atoms with Crippen LogP contribution >= 0.6 is 0 Å². The highest BCUT2D eigenvalue weighted by molar-refractivity contribution is 5.94. The van der Waals surface area contributed by atoms with Crippen LogP contribution in [0.3, 0.4) is 0 Å². The minimum Gasteiger partial charge on any atom is -0.467 e. The molecule has 2 N–H and O–H groups in total. The lowest BCUT2D eigenvalue weighted by molar-refractivity contribution is 0.00129. The molecule has 0 saturated carbocycles. The topological polar surface area (TPSA) is 74.9 Å². The Labute approximate surface area is 153 Å². The molecule has 1 aliphatic rings. The number of furan rings is 1. The Kier molecular flexibility index (Phi) is 6.82. The second kappa shape index (κ2) is 9.52. The van der Waals surface area contributed by atoms with Gasteiger partial charge in [0.05, 0.1) is 19.0 Å². The molecule has 1 aliphatic heterocycles. The number of likely N-dealkylation sites (tertiary alicyclic amines) is 1. The maximum Gasteiger partial charge on any atom is 0.251 e. The molecule has 1 aromatic heterocycles. The van der Waals surface area contributed by atoms with Gasteiger partial charge in [0.25, 0.3) is 5.91 Å². The van der Waals surface area contributed by atoms with Gasteiger partial charge in [-0.2, -0.15) is 0 Å². The van der Waals surface area contributed by atoms with Gasteiger partial charge in [-0.15, -0.1) is 0 Å². The van der Waals surface area contributed by atoms with Crippen molar-refractivity contribution in [2.45, 2.75) is 31.6 Å². The van der Waals surface area contributed by atoms with Gasteiger partial charge in [-0.3, -0.25) is 4.79 Å². The monoisotopic (exact) mass is 358 g/mol. The molecule has 1 saturated heterocycles. The van der Waals surface area contributed by atoms with E-state index in [-0.39, 0.29) is 18.6 Å². The predicted molar refractivity (Wildman–Crippen MR) is 97.7 cm³/mol. The highest BCUT2D eigenvalue weighted by Crippen LogP contribution is 2.12. The van der Waals surface area contributed by atoms with Crippen LogP contribution in [0.5, 0.6) is 0 Å². The van der Waals surface area contributed by atoms with Crippen molar-refractivity contribution in [2.24, 2.45) is 0 Å². The summed E-state index contributed by atoms with van der Waals surface area (Å²) in [6.07, 6.45) is 2.85. The van der Waals surface area contributed by atoms with E-state index in [1.807, 2.05) is 42.5 Å². The predicted octanol–water partition coefficient (Wildman–Crippen LogP) is 2.05. The lowest BCUT2D eigenvalue weighted by Crippen LogP contribution is -2.47. The standard InChI is InChI=1S/C20H26N2O4/c23-18(14-25-15-19-7-4-12-26-19)13-22-10-8-17(9-11-22)21-20(24)16-5-2-1-3-6-16/h1-7,12,17-18,23H,8-11,13-15H2,(H,21,24). The van der Waals surface area contributed by atoms with Gasteiger partial charge < -0.3 is 24.5 Å². The third kappa shape index (κ3) is 5.69. The molecule has 26 heavy (non-hydrogen) atoms. The van der Waals surface area contributed by atoms with Crippen LogP contribution in [0.1, 0.15) is 29.0 Å². The lowest BCUT2D eigenvalue weighted by atomic mass is 10.0. The molecule has 1 fully saturated rings. The summed E-state index contributed by atoms with van der Waals surface area (Å²) < 4.78 is 10.7. The summed E-state index contributed by atoms with van der Waals surface area (Å²) in [5, 5.41) is 13.2. The van der Waals surface area contributed by atoms with Crippen LogP contribution in [0.15, 0.2) is 53.1 Å². The SMILES string of the molecule is O=C(NC1CCN(CC(O)COCc2ccco2)CC1)c1ccccc1. The molecule has 1 atom stereocenters. The van der Waals surface area contributed by atoms with E-state index in [9.17, 15) is 9.90 Å². The first-order chi connectivity index (χ1) is 12.7. The number of β-amino-alcohol motifs (C(OH)–C–C–N with tert-alkyl or cyclic N) is 1. The molecular weight excluding hydrogens is 332 g/mol. The maximum absolute atomic E-state index is 12.2. The first kappa shape index (κ1) is 18.6. The second-order valence-corrected chi connectivity index (χ2v) is 6.66. The lowest BCUT2D eigenvalue weighted by Gasteiger charge is -2.33. The smallest absolute Gasteiger partial charge is 0.251 e. The van der Waals surface area contributed by atoms with Gasteiger partial charge in [-0.25, -0.2) is 0 Å². The van der Waals surface area contributed by atoms with Crippen LogP contribution < -0.4 is 5.32 Å². The zero-order chi connectivity index (χ0) is 18.2. The highest BCUT2D eigenvalue weighted by Gasteiger charge is 2.22. The Bertz CT molecular complexity index is 652. The molecule has 2 heterocycles. The number of nitrogens with zero attached hydrogens (tertiary/aromatic N) is 1. The van der Waals surface area contributed by atoms with Gasteiger partial charge >= 0.3 is 0 Å². The summed E-state index contributed by atoms with van der Waals surface area (Å²) >= 11 is 0. The Morgan fingerprint density at radius 1 is 1.23 bits per heavy atom. The summed E-state index contributed by atoms with van der Waals surface area (Å²) in [5.74, 6) is 0.739. The minimum atomic E-state index is -0.527. The van der Waals surface area contributed by atoms with Gasteiger partial charge in [0.15, 0.2) is 0 Å². The molecule has 0 aliphatic carbocycles. The maximum atomic E-state index is 12.2. The van der Waals surface area contributed by atoms with Crippen LogP contribution in [0, 0.1) is 0 Å². The number of amides is 1. The van der Waals surface area contributed by atoms with Gasteiger partial charge in [0.1, 0.15) is 12.4 Å². The van der Waals surface area contributed by atoms with Gasteiger partial charge in [0.2, 0.25) is 0 Å². The Morgan fingerprint density at radius 2 is 2.00 bits per heavy atom. The number of carbonyl (C=O) groups is 1. The highest BCUT2D eigenvalue weighted by atomic mass is 16.5. The number of rotatable bonds is 8. The van der Waals surface area contributed by atoms with Crippen LogP contribution in [0.2, 0.25) is 0 Å². The largest absolute Gasteiger partial charge is 0.467 e. The van der Waals surface area contributed by atoms with Crippen LogP contribution in [0.4, 0.5) is 0 Å². The fourth-order valence-electron chi connectivity index (χ4n) is 3.16. The molecule has 1 unspecified atom stereocenters. The van der Waals surface area contributed by atoms with Crippen molar-refractivity contribution in [3.63, 3.8) is 0 Å². The van der Waals surface area contributed by atoms with E-state index >= 15 is 0 Å². The van der Waals surface area contributed by atoms with Gasteiger partial charge in [0, 0.05) is 31.2 Å². The summed E-state index contributed by atoms with van der Waals surface area (Å²) in [7, 11) is 0. The average molecular weight is 358 g/mol. The van der Waals surface area contributed by atoms with Crippen molar-refractivity contribution in [3.8, 4) is 0 Å². The normalized spacial score (nSPS) is 17.1. The summed E-state index contributed by atoms with van der Waals surface area (Å²) in [5.41, 5.74) is 0.694. The third-order valence-corrected chi connectivity index (χ3v) is 4.56. The van der Waals surface area contributed by atoms with E-state index in [0.29, 0.717) is 18.7 Å². The zero-order valence-electron chi connectivity index (χ0n) is 14.8. The van der Waals surface area contributed by atoms with Crippen molar-refractivity contribution in [2.75, 3.05) is 26.2 Å². The molecule has 140 valence electrons. The first-order valence-corrected chi connectivity index (χ1v) is 9.07. The van der Waals surface area contributed by atoms with Crippen LogP contribution in [-0.2, 0) is 11.3 Å². The van der Waals surface area contributed by atoms with E-state index < -0.39 is 6.10 Å². The third-order valence-electron chi connectivity index (χ3n) is 4.56. The molecular formula is C20H26N2O4. The molecule has 0 spiro atoms. The Hall–Kier alpha value is -2.15. The van der Waals surface area contributed by atoms with Crippen molar-refractivity contribution in [1.29, 1.82) is 0 Å². The summed E-state index contributed by atoms with van der Waals surface area (Å²) in [6, 6.07) is 13.1. The average Bonchev–Trinajstić information content (AvgIpc) is 3.17. The number of benzene rings is 1. The molecule has 0 bridgehead atoms. The van der Waals surface area contributed by atoms with Crippen LogP contribution in [-0.4, -0.2) is 54.3 Å². The van der Waals surface area contributed by atoms with Crippen molar-refractivity contribution < 1.29 is 19.1 Å². The fourth-order valence-corrected chi connectivity index (χ4v) is 3.16. The molecule has 2 aromatic rings. The van der Waals surface area contributed by atoms with Crippen molar-refractivity contribution >= 4 is 5.91 Å². The van der Waals surface area contributed by atoms with Gasteiger partial charge in [-0.1, -0.05) is 18.2 Å². The van der Waals surface area contributed by atoms with Gasteiger partial charge in [-0.05, 0) is 37.1 Å². The van der Waals surface area contributed by atoms with Crippen molar-refractivity contribution in [3.05, 3.63) is 60.1 Å². The Balaban J connectivity index is 1.32. The number of hydrogen-bond donors (Lipinski definition) is 2. The molecule has 1 amide bonds. The van der Waals surface area contributed by atoms with E-state index in [1.54, 1.807) is 6.26 Å². The first-order valence-electron chi connectivity index (χ1n) is 9.07. The fraction of sp³-hybridized carbons (Fsp3) is 0.450. The molecule has 6 nitrogen and oxygen atoms in total. The Morgan fingerprint density at radius 3 is 2.69 bits per heavy atom. The summed E-state index contributed by atoms with van der Waals surface area (Å²) in [6.45, 7) is 2.95. The van der Waals surface area contributed by atoms with E-state index in [2.05, 4.69) is 10.2 Å². The number of ether oxygens (including phenoxy) is 1. The molecule has 6 heteroatoms.